The molecule has 0 amide bonds. The van der Waals surface area contributed by atoms with E-state index in [1.165, 1.54) is 37.5 Å². The normalized spacial score (nSPS) is 26.5. The van der Waals surface area contributed by atoms with E-state index in [-0.39, 0.29) is 5.97 Å². The van der Waals surface area contributed by atoms with Crippen molar-refractivity contribution in [2.45, 2.75) is 31.1 Å². The molecule has 2 bridgehead atoms. The topological polar surface area (TPSA) is 26.3 Å². The molecule has 15 heavy (non-hydrogen) atoms. The van der Waals surface area contributed by atoms with Gasteiger partial charge in [-0.05, 0) is 48.3 Å². The van der Waals surface area contributed by atoms with Crippen LogP contribution >= 0.6 is 0 Å². The van der Waals surface area contributed by atoms with Crippen molar-refractivity contribution in [2.24, 2.45) is 0 Å². The van der Waals surface area contributed by atoms with E-state index in [0.717, 1.165) is 5.56 Å². The van der Waals surface area contributed by atoms with E-state index in [1.54, 1.807) is 0 Å². The first-order chi connectivity index (χ1) is 7.31. The second kappa shape index (κ2) is 3.09. The zero-order valence-electron chi connectivity index (χ0n) is 8.82. The Kier molecular flexibility index (Phi) is 1.84. The van der Waals surface area contributed by atoms with Crippen LogP contribution in [0.3, 0.4) is 0 Å². The maximum Gasteiger partial charge on any atom is 0.338 e. The third kappa shape index (κ3) is 1.14. The number of carbonyl (C=O) groups excluding carboxylic acids is 1. The van der Waals surface area contributed by atoms with Crippen LogP contribution in [-0.2, 0) is 4.74 Å². The molecular formula is C13H14O2. The Hall–Kier alpha value is -1.31. The Morgan fingerprint density at radius 1 is 1.33 bits per heavy atom. The van der Waals surface area contributed by atoms with E-state index in [4.69, 9.17) is 4.74 Å². The molecule has 3 rings (SSSR count). The summed E-state index contributed by atoms with van der Waals surface area (Å²) in [6.07, 6.45) is 3.78. The highest BCUT2D eigenvalue weighted by atomic mass is 16.5. The highest BCUT2D eigenvalue weighted by molar-refractivity contribution is 5.92. The lowest BCUT2D eigenvalue weighted by atomic mass is 9.88. The average molecular weight is 202 g/mol. The van der Waals surface area contributed by atoms with E-state index in [2.05, 4.69) is 6.07 Å². The van der Waals surface area contributed by atoms with Crippen LogP contribution in [0.1, 0.15) is 52.6 Å². The van der Waals surface area contributed by atoms with Gasteiger partial charge in [0.05, 0.1) is 12.7 Å². The molecular weight excluding hydrogens is 188 g/mol. The molecule has 1 aromatic carbocycles. The summed E-state index contributed by atoms with van der Waals surface area (Å²) in [4.78, 5) is 11.6. The Bertz CT molecular complexity index is 423. The quantitative estimate of drug-likeness (QED) is 0.654. The molecule has 0 unspecified atom stereocenters. The van der Waals surface area contributed by atoms with Gasteiger partial charge in [-0.1, -0.05) is 12.1 Å². The summed E-state index contributed by atoms with van der Waals surface area (Å²) in [5.74, 6) is 1.13. The first-order valence-corrected chi connectivity index (χ1v) is 5.52. The van der Waals surface area contributed by atoms with Crippen molar-refractivity contribution in [2.75, 3.05) is 7.11 Å². The summed E-state index contributed by atoms with van der Waals surface area (Å²) < 4.78 is 4.83. The van der Waals surface area contributed by atoms with Gasteiger partial charge in [-0.2, -0.15) is 0 Å². The fourth-order valence-electron chi connectivity index (χ4n) is 3.21. The summed E-state index contributed by atoms with van der Waals surface area (Å²) >= 11 is 0. The molecule has 78 valence electrons. The largest absolute Gasteiger partial charge is 0.465 e. The van der Waals surface area contributed by atoms with Crippen molar-refractivity contribution in [1.82, 2.24) is 0 Å². The van der Waals surface area contributed by atoms with Crippen LogP contribution in [0.15, 0.2) is 18.2 Å². The molecule has 1 aromatic rings. The van der Waals surface area contributed by atoms with Gasteiger partial charge in [0.25, 0.3) is 0 Å². The molecule has 1 fully saturated rings. The molecule has 2 nitrogen and oxygen atoms in total. The molecule has 0 heterocycles. The first-order valence-electron chi connectivity index (χ1n) is 5.52. The number of benzene rings is 1. The van der Waals surface area contributed by atoms with Crippen LogP contribution in [0.2, 0.25) is 0 Å². The van der Waals surface area contributed by atoms with Crippen LogP contribution in [0.5, 0.6) is 0 Å². The molecule has 0 saturated heterocycles. The minimum absolute atomic E-state index is 0.181. The van der Waals surface area contributed by atoms with Gasteiger partial charge in [-0.25, -0.2) is 4.79 Å². The minimum Gasteiger partial charge on any atom is -0.465 e. The smallest absolute Gasteiger partial charge is 0.338 e. The summed E-state index contributed by atoms with van der Waals surface area (Å²) in [6, 6.07) is 6.04. The van der Waals surface area contributed by atoms with Crippen LogP contribution in [0, 0.1) is 0 Å². The summed E-state index contributed by atoms with van der Waals surface area (Å²) in [7, 11) is 1.45. The van der Waals surface area contributed by atoms with Crippen molar-refractivity contribution in [1.29, 1.82) is 0 Å². The Morgan fingerprint density at radius 2 is 2.13 bits per heavy atom. The minimum atomic E-state index is -0.181. The summed E-state index contributed by atoms with van der Waals surface area (Å²) in [5, 5.41) is 0. The highest BCUT2D eigenvalue weighted by Gasteiger charge is 2.39. The number of carbonyl (C=O) groups is 1. The molecule has 2 aliphatic carbocycles. The van der Waals surface area contributed by atoms with E-state index in [1.807, 2.05) is 12.1 Å². The third-order valence-corrected chi connectivity index (χ3v) is 3.83. The lowest BCUT2D eigenvalue weighted by Gasteiger charge is -2.17. The monoisotopic (exact) mass is 202 g/mol. The molecule has 0 N–H and O–H groups in total. The van der Waals surface area contributed by atoms with Crippen LogP contribution in [-0.4, -0.2) is 13.1 Å². The molecule has 0 aliphatic heterocycles. The van der Waals surface area contributed by atoms with Gasteiger partial charge in [0.15, 0.2) is 0 Å². The lowest BCUT2D eigenvalue weighted by molar-refractivity contribution is 0.0599. The predicted molar refractivity (Wildman–Crippen MR) is 57.1 cm³/mol. The summed E-state index contributed by atoms with van der Waals surface area (Å²) in [6.45, 7) is 0. The molecule has 1 saturated carbocycles. The van der Waals surface area contributed by atoms with E-state index in [0.29, 0.717) is 11.8 Å². The van der Waals surface area contributed by atoms with Gasteiger partial charge in [0, 0.05) is 0 Å². The van der Waals surface area contributed by atoms with Crippen molar-refractivity contribution in [3.05, 3.63) is 34.9 Å². The second-order valence-electron chi connectivity index (χ2n) is 4.51. The zero-order chi connectivity index (χ0) is 10.4. The van der Waals surface area contributed by atoms with Gasteiger partial charge in [0.1, 0.15) is 0 Å². The fourth-order valence-corrected chi connectivity index (χ4v) is 3.21. The van der Waals surface area contributed by atoms with Gasteiger partial charge < -0.3 is 4.74 Å². The van der Waals surface area contributed by atoms with Crippen LogP contribution in [0.4, 0.5) is 0 Å². The lowest BCUT2D eigenvalue weighted by Crippen LogP contribution is -2.09. The standard InChI is InChI=1S/C13H14O2/c1-15-13(14)11-4-2-3-10-8-5-6-9(7-8)12(10)11/h2-4,8-9H,5-7H2,1H3/t8-,9-/m0/s1. The molecule has 2 heteroatoms. The molecule has 2 atom stereocenters. The maximum absolute atomic E-state index is 11.6. The molecule has 2 aliphatic rings. The number of hydrogen-bond acceptors (Lipinski definition) is 2. The number of fused-ring (bicyclic) bond motifs is 5. The number of methoxy groups -OCH3 is 1. The maximum atomic E-state index is 11.6. The van der Waals surface area contributed by atoms with Crippen molar-refractivity contribution >= 4 is 5.97 Å². The summed E-state index contributed by atoms with van der Waals surface area (Å²) in [5.41, 5.74) is 3.47. The van der Waals surface area contributed by atoms with E-state index >= 15 is 0 Å². The number of rotatable bonds is 1. The van der Waals surface area contributed by atoms with Crippen molar-refractivity contribution in [3.8, 4) is 0 Å². The Labute approximate surface area is 89.2 Å². The predicted octanol–water partition coefficient (Wildman–Crippen LogP) is 2.84. The number of hydrogen-bond donors (Lipinski definition) is 0. The molecule has 0 spiro atoms. The van der Waals surface area contributed by atoms with Crippen LogP contribution < -0.4 is 0 Å². The van der Waals surface area contributed by atoms with Crippen LogP contribution in [0.25, 0.3) is 0 Å². The second-order valence-corrected chi connectivity index (χ2v) is 4.51. The molecule has 0 radical (unpaired) electrons. The van der Waals surface area contributed by atoms with Gasteiger partial charge in [0.2, 0.25) is 0 Å². The average Bonchev–Trinajstić information content (AvgIpc) is 2.88. The van der Waals surface area contributed by atoms with E-state index in [9.17, 15) is 4.79 Å². The SMILES string of the molecule is COC(=O)c1cccc2c1[C@H]1CC[C@H]2C1. The Morgan fingerprint density at radius 3 is 2.93 bits per heavy atom. The number of ether oxygens (including phenoxy) is 1. The van der Waals surface area contributed by atoms with Gasteiger partial charge in [-0.3, -0.25) is 0 Å². The van der Waals surface area contributed by atoms with Crippen molar-refractivity contribution < 1.29 is 9.53 Å². The molecule has 0 aromatic heterocycles. The van der Waals surface area contributed by atoms with Gasteiger partial charge in [-0.15, -0.1) is 0 Å². The number of esters is 1. The highest BCUT2D eigenvalue weighted by Crippen LogP contribution is 2.53. The third-order valence-electron chi connectivity index (χ3n) is 3.83. The fraction of sp³-hybridized carbons (Fsp3) is 0.462. The van der Waals surface area contributed by atoms with Gasteiger partial charge >= 0.3 is 5.97 Å². The Balaban J connectivity index is 2.15. The zero-order valence-corrected chi connectivity index (χ0v) is 8.82. The first kappa shape index (κ1) is 8.96. The van der Waals surface area contributed by atoms with E-state index < -0.39 is 0 Å². The van der Waals surface area contributed by atoms with Crippen molar-refractivity contribution in [3.63, 3.8) is 0 Å².